The minimum absolute atomic E-state index is 0.122. The van der Waals surface area contributed by atoms with E-state index in [1.165, 1.54) is 0 Å². The van der Waals surface area contributed by atoms with Crippen LogP contribution in [0.15, 0.2) is 24.3 Å². The van der Waals surface area contributed by atoms with Gasteiger partial charge in [0.15, 0.2) is 0 Å². The third-order valence-corrected chi connectivity index (χ3v) is 2.84. The van der Waals surface area contributed by atoms with Gasteiger partial charge in [-0.15, -0.1) is 0 Å². The first-order valence-corrected chi connectivity index (χ1v) is 5.27. The number of carboxylic acids is 1. The lowest BCUT2D eigenvalue weighted by Crippen LogP contribution is -2.18. The van der Waals surface area contributed by atoms with Gasteiger partial charge in [0, 0.05) is 11.4 Å². The largest absolute Gasteiger partial charge is 0.481 e. The van der Waals surface area contributed by atoms with Crippen LogP contribution in [0.25, 0.3) is 0 Å². The fourth-order valence-electron chi connectivity index (χ4n) is 1.46. The van der Waals surface area contributed by atoms with E-state index in [0.29, 0.717) is 11.4 Å². The molecule has 0 radical (unpaired) electrons. The van der Waals surface area contributed by atoms with E-state index < -0.39 is 5.97 Å². The Bertz CT molecular complexity index is 341. The van der Waals surface area contributed by atoms with E-state index in [4.69, 9.17) is 16.7 Å². The molecule has 15 heavy (non-hydrogen) atoms. The van der Waals surface area contributed by atoms with Crippen molar-refractivity contribution in [3.8, 4) is 0 Å². The molecule has 0 bridgehead atoms. The minimum atomic E-state index is -0.753. The summed E-state index contributed by atoms with van der Waals surface area (Å²) < 4.78 is 0. The molecule has 3 heteroatoms. The normalized spacial score (nSPS) is 11.4. The highest BCUT2D eigenvalue weighted by molar-refractivity contribution is 6.30. The van der Waals surface area contributed by atoms with Gasteiger partial charge in [-0.05, 0) is 29.5 Å². The molecular formula is C12H15ClO2. The van der Waals surface area contributed by atoms with E-state index in [0.717, 1.165) is 5.56 Å². The van der Waals surface area contributed by atoms with E-state index in [1.54, 1.807) is 0 Å². The molecule has 0 spiro atoms. The van der Waals surface area contributed by atoms with Gasteiger partial charge in [0.2, 0.25) is 0 Å². The van der Waals surface area contributed by atoms with Crippen molar-refractivity contribution in [2.24, 2.45) is 0 Å². The lowest BCUT2D eigenvalue weighted by molar-refractivity contribution is -0.137. The highest BCUT2D eigenvalue weighted by Gasteiger charge is 2.21. The van der Waals surface area contributed by atoms with E-state index in [9.17, 15) is 4.79 Å². The quantitative estimate of drug-likeness (QED) is 0.854. The summed E-state index contributed by atoms with van der Waals surface area (Å²) in [5.74, 6) is -0.753. The number of aliphatic carboxylic acids is 1. The van der Waals surface area contributed by atoms with Crippen molar-refractivity contribution in [1.82, 2.24) is 0 Å². The molecule has 0 saturated carbocycles. The maximum atomic E-state index is 10.5. The lowest BCUT2D eigenvalue weighted by atomic mass is 9.80. The maximum absolute atomic E-state index is 10.5. The van der Waals surface area contributed by atoms with Crippen LogP contribution in [-0.2, 0) is 10.2 Å². The summed E-state index contributed by atoms with van der Waals surface area (Å²) in [6, 6.07) is 7.56. The highest BCUT2D eigenvalue weighted by Crippen LogP contribution is 2.29. The van der Waals surface area contributed by atoms with Gasteiger partial charge >= 0.3 is 5.97 Å². The molecule has 0 amide bonds. The fourth-order valence-corrected chi connectivity index (χ4v) is 1.59. The monoisotopic (exact) mass is 226 g/mol. The predicted octanol–water partition coefficient (Wildman–Crippen LogP) is 3.48. The number of rotatable bonds is 4. The molecule has 1 N–H and O–H groups in total. The third kappa shape index (κ3) is 3.56. The molecule has 0 aromatic heterocycles. The van der Waals surface area contributed by atoms with Crippen LogP contribution in [-0.4, -0.2) is 11.1 Å². The molecule has 82 valence electrons. The Morgan fingerprint density at radius 1 is 1.33 bits per heavy atom. The van der Waals surface area contributed by atoms with Crippen molar-refractivity contribution < 1.29 is 9.90 Å². The zero-order valence-corrected chi connectivity index (χ0v) is 9.71. The van der Waals surface area contributed by atoms with Crippen LogP contribution >= 0.6 is 11.6 Å². The molecule has 0 atom stereocenters. The van der Waals surface area contributed by atoms with Gasteiger partial charge in [0.25, 0.3) is 0 Å². The molecular weight excluding hydrogens is 212 g/mol. The van der Waals surface area contributed by atoms with Crippen LogP contribution in [0.3, 0.4) is 0 Å². The molecule has 0 aliphatic carbocycles. The lowest BCUT2D eigenvalue weighted by Gasteiger charge is -2.24. The fraction of sp³-hybridized carbons (Fsp3) is 0.417. The molecule has 0 fully saturated rings. The maximum Gasteiger partial charge on any atom is 0.303 e. The van der Waals surface area contributed by atoms with E-state index >= 15 is 0 Å². The van der Waals surface area contributed by atoms with Gasteiger partial charge in [0.1, 0.15) is 0 Å². The third-order valence-electron chi connectivity index (χ3n) is 2.59. The predicted molar refractivity (Wildman–Crippen MR) is 61.3 cm³/mol. The second-order valence-corrected chi connectivity index (χ2v) is 4.72. The first-order valence-electron chi connectivity index (χ1n) is 4.90. The van der Waals surface area contributed by atoms with Gasteiger partial charge in [-0.1, -0.05) is 37.6 Å². The summed E-state index contributed by atoms with van der Waals surface area (Å²) in [5, 5.41) is 9.35. The summed E-state index contributed by atoms with van der Waals surface area (Å²) in [6.45, 7) is 4.08. The first kappa shape index (κ1) is 12.1. The SMILES string of the molecule is CC(C)(CCC(=O)O)c1ccc(Cl)cc1. The Kier molecular flexibility index (Phi) is 3.75. The minimum Gasteiger partial charge on any atom is -0.481 e. The number of halogens is 1. The Morgan fingerprint density at radius 3 is 2.33 bits per heavy atom. The standard InChI is InChI=1S/C12H15ClO2/c1-12(2,8-7-11(14)15)9-3-5-10(13)6-4-9/h3-6H,7-8H2,1-2H3,(H,14,15). The molecule has 1 aromatic carbocycles. The number of hydrogen-bond acceptors (Lipinski definition) is 1. The first-order chi connectivity index (χ1) is 6.92. The van der Waals surface area contributed by atoms with E-state index in [2.05, 4.69) is 0 Å². The summed E-state index contributed by atoms with van der Waals surface area (Å²) in [4.78, 5) is 10.5. The van der Waals surface area contributed by atoms with Crippen LogP contribution < -0.4 is 0 Å². The smallest absolute Gasteiger partial charge is 0.303 e. The highest BCUT2D eigenvalue weighted by atomic mass is 35.5. The van der Waals surface area contributed by atoms with Gasteiger partial charge < -0.3 is 5.11 Å². The Labute approximate surface area is 94.9 Å². The number of carboxylic acid groups (broad SMARTS) is 1. The van der Waals surface area contributed by atoms with E-state index in [1.807, 2.05) is 38.1 Å². The summed E-state index contributed by atoms with van der Waals surface area (Å²) >= 11 is 5.80. The van der Waals surface area contributed by atoms with Crippen molar-refractivity contribution in [1.29, 1.82) is 0 Å². The van der Waals surface area contributed by atoms with Crippen LogP contribution in [0.1, 0.15) is 32.3 Å². The van der Waals surface area contributed by atoms with Crippen LogP contribution in [0.5, 0.6) is 0 Å². The molecule has 1 rings (SSSR count). The Morgan fingerprint density at radius 2 is 1.87 bits per heavy atom. The van der Waals surface area contributed by atoms with Crippen molar-refractivity contribution in [3.63, 3.8) is 0 Å². The zero-order chi connectivity index (χ0) is 11.5. The molecule has 0 aliphatic rings. The average molecular weight is 227 g/mol. The Hall–Kier alpha value is -1.02. The van der Waals surface area contributed by atoms with Crippen molar-refractivity contribution >= 4 is 17.6 Å². The number of carbonyl (C=O) groups is 1. The van der Waals surface area contributed by atoms with Crippen LogP contribution in [0.2, 0.25) is 5.02 Å². The summed E-state index contributed by atoms with van der Waals surface area (Å²) in [5.41, 5.74) is 0.997. The van der Waals surface area contributed by atoms with Crippen LogP contribution in [0, 0.1) is 0 Å². The number of hydrogen-bond donors (Lipinski definition) is 1. The van der Waals surface area contributed by atoms with Gasteiger partial charge in [0.05, 0.1) is 0 Å². The Balaban J connectivity index is 2.76. The second-order valence-electron chi connectivity index (χ2n) is 4.28. The average Bonchev–Trinajstić information content (AvgIpc) is 2.16. The van der Waals surface area contributed by atoms with Gasteiger partial charge in [-0.25, -0.2) is 0 Å². The zero-order valence-electron chi connectivity index (χ0n) is 8.96. The molecule has 1 aromatic rings. The second kappa shape index (κ2) is 4.67. The van der Waals surface area contributed by atoms with Crippen molar-refractivity contribution in [2.45, 2.75) is 32.1 Å². The van der Waals surface area contributed by atoms with Crippen molar-refractivity contribution in [2.75, 3.05) is 0 Å². The topological polar surface area (TPSA) is 37.3 Å². The summed E-state index contributed by atoms with van der Waals surface area (Å²) in [7, 11) is 0. The van der Waals surface area contributed by atoms with E-state index in [-0.39, 0.29) is 11.8 Å². The number of benzene rings is 1. The summed E-state index contributed by atoms with van der Waals surface area (Å²) in [6.07, 6.45) is 0.819. The molecule has 0 unspecified atom stereocenters. The molecule has 0 saturated heterocycles. The molecule has 2 nitrogen and oxygen atoms in total. The van der Waals surface area contributed by atoms with Crippen LogP contribution in [0.4, 0.5) is 0 Å². The molecule has 0 heterocycles. The van der Waals surface area contributed by atoms with Gasteiger partial charge in [-0.2, -0.15) is 0 Å². The molecule has 0 aliphatic heterocycles. The van der Waals surface area contributed by atoms with Crippen molar-refractivity contribution in [3.05, 3.63) is 34.9 Å². The van der Waals surface area contributed by atoms with Gasteiger partial charge in [-0.3, -0.25) is 4.79 Å².